The average molecular weight is 574 g/mol. The predicted octanol–water partition coefficient (Wildman–Crippen LogP) is 5.17. The fraction of sp³-hybridized carbons (Fsp3) is 0.310. The molecule has 3 rings (SSSR count). The molecule has 39 heavy (non-hydrogen) atoms. The van der Waals surface area contributed by atoms with E-state index in [0.717, 1.165) is 9.87 Å². The van der Waals surface area contributed by atoms with Gasteiger partial charge in [-0.05, 0) is 73.9 Å². The van der Waals surface area contributed by atoms with Crippen LogP contribution in [0.25, 0.3) is 0 Å². The first-order chi connectivity index (χ1) is 18.4. The third-order valence-electron chi connectivity index (χ3n) is 6.12. The standard InChI is InChI=1S/C29H33ClFN3O4S/c1-20(2)17-32-29(36)22(4)33(18-23-7-11-25(31)12-8-23)28(35)19-34(26-13-9-24(30)10-14-26)39(37,38)27-15-5-21(3)6-16-27/h5-16,20,22H,17-19H2,1-4H3,(H,32,36). The molecule has 2 amide bonds. The summed E-state index contributed by atoms with van der Waals surface area (Å²) in [5.74, 6) is -1.21. The van der Waals surface area contributed by atoms with Crippen molar-refractivity contribution in [3.63, 3.8) is 0 Å². The van der Waals surface area contributed by atoms with Crippen LogP contribution in [0.2, 0.25) is 5.02 Å². The van der Waals surface area contributed by atoms with Gasteiger partial charge in [0.2, 0.25) is 11.8 Å². The van der Waals surface area contributed by atoms with Crippen LogP contribution in [-0.2, 0) is 26.2 Å². The minimum atomic E-state index is -4.17. The van der Waals surface area contributed by atoms with Gasteiger partial charge in [0.15, 0.2) is 0 Å². The fourth-order valence-electron chi connectivity index (χ4n) is 3.80. The first-order valence-electron chi connectivity index (χ1n) is 12.5. The summed E-state index contributed by atoms with van der Waals surface area (Å²) in [6, 6.07) is 17.1. The van der Waals surface area contributed by atoms with Crippen molar-refractivity contribution in [3.8, 4) is 0 Å². The van der Waals surface area contributed by atoms with Gasteiger partial charge in [-0.2, -0.15) is 0 Å². The van der Waals surface area contributed by atoms with E-state index in [0.29, 0.717) is 17.1 Å². The lowest BCUT2D eigenvalue weighted by atomic mass is 10.1. The molecule has 10 heteroatoms. The Morgan fingerprint density at radius 2 is 1.51 bits per heavy atom. The maximum absolute atomic E-state index is 13.8. The van der Waals surface area contributed by atoms with Gasteiger partial charge in [-0.3, -0.25) is 13.9 Å². The molecule has 7 nitrogen and oxygen atoms in total. The molecular weight excluding hydrogens is 541 g/mol. The molecule has 208 valence electrons. The minimum absolute atomic E-state index is 0.0173. The second-order valence-corrected chi connectivity index (χ2v) is 12.1. The van der Waals surface area contributed by atoms with Crippen molar-refractivity contribution in [2.24, 2.45) is 5.92 Å². The number of amides is 2. The topological polar surface area (TPSA) is 86.8 Å². The van der Waals surface area contributed by atoms with Crippen molar-refractivity contribution in [3.05, 3.63) is 94.8 Å². The van der Waals surface area contributed by atoms with E-state index in [4.69, 9.17) is 11.6 Å². The van der Waals surface area contributed by atoms with Crippen LogP contribution in [0.3, 0.4) is 0 Å². The van der Waals surface area contributed by atoms with E-state index in [1.165, 1.54) is 65.6 Å². The number of halogens is 2. The monoisotopic (exact) mass is 573 g/mol. The predicted molar refractivity (Wildman–Crippen MR) is 151 cm³/mol. The lowest BCUT2D eigenvalue weighted by molar-refractivity contribution is -0.139. The molecule has 0 heterocycles. The molecule has 0 fully saturated rings. The summed E-state index contributed by atoms with van der Waals surface area (Å²) in [5.41, 5.74) is 1.72. The molecule has 3 aromatic carbocycles. The highest BCUT2D eigenvalue weighted by molar-refractivity contribution is 7.92. The minimum Gasteiger partial charge on any atom is -0.354 e. The highest BCUT2D eigenvalue weighted by atomic mass is 35.5. The lowest BCUT2D eigenvalue weighted by Crippen LogP contribution is -2.51. The van der Waals surface area contributed by atoms with Gasteiger partial charge in [-0.1, -0.05) is 55.3 Å². The van der Waals surface area contributed by atoms with E-state index in [9.17, 15) is 22.4 Å². The number of aryl methyl sites for hydroxylation is 1. The molecule has 1 unspecified atom stereocenters. The van der Waals surface area contributed by atoms with Gasteiger partial charge < -0.3 is 10.2 Å². The molecule has 0 bridgehead atoms. The number of carbonyl (C=O) groups excluding carboxylic acids is 2. The molecule has 0 saturated heterocycles. The van der Waals surface area contributed by atoms with Gasteiger partial charge >= 0.3 is 0 Å². The smallest absolute Gasteiger partial charge is 0.264 e. The van der Waals surface area contributed by atoms with Crippen LogP contribution in [0.15, 0.2) is 77.7 Å². The molecule has 0 aliphatic heterocycles. The summed E-state index contributed by atoms with van der Waals surface area (Å²) in [5, 5.41) is 3.23. The van der Waals surface area contributed by atoms with Crippen molar-refractivity contribution in [1.82, 2.24) is 10.2 Å². The number of nitrogens with one attached hydrogen (secondary N) is 1. The first kappa shape index (κ1) is 30.1. The highest BCUT2D eigenvalue weighted by Crippen LogP contribution is 2.26. The van der Waals surface area contributed by atoms with E-state index >= 15 is 0 Å². The number of sulfonamides is 1. The number of anilines is 1. The first-order valence-corrected chi connectivity index (χ1v) is 14.4. The second kappa shape index (κ2) is 13.1. The molecule has 0 radical (unpaired) electrons. The summed E-state index contributed by atoms with van der Waals surface area (Å²) < 4.78 is 42.1. The van der Waals surface area contributed by atoms with Crippen LogP contribution in [0, 0.1) is 18.7 Å². The van der Waals surface area contributed by atoms with Gasteiger partial charge in [-0.15, -0.1) is 0 Å². The van der Waals surface area contributed by atoms with Crippen LogP contribution >= 0.6 is 11.6 Å². The zero-order valence-electron chi connectivity index (χ0n) is 22.4. The Balaban J connectivity index is 2.00. The van der Waals surface area contributed by atoms with Crippen molar-refractivity contribution in [2.45, 2.75) is 45.2 Å². The zero-order chi connectivity index (χ0) is 28.7. The van der Waals surface area contributed by atoms with Gasteiger partial charge in [0, 0.05) is 18.1 Å². The Hall–Kier alpha value is -3.43. The van der Waals surface area contributed by atoms with Gasteiger partial charge in [-0.25, -0.2) is 12.8 Å². The molecule has 0 aliphatic carbocycles. The van der Waals surface area contributed by atoms with Gasteiger partial charge in [0.1, 0.15) is 18.4 Å². The third-order valence-corrected chi connectivity index (χ3v) is 8.16. The number of nitrogens with zero attached hydrogens (tertiary/aromatic N) is 2. The molecule has 3 aromatic rings. The molecular formula is C29H33ClFN3O4S. The summed E-state index contributed by atoms with van der Waals surface area (Å²) in [4.78, 5) is 28.1. The van der Waals surface area contributed by atoms with Crippen LogP contribution in [0.5, 0.6) is 0 Å². The maximum atomic E-state index is 13.8. The van der Waals surface area contributed by atoms with E-state index in [1.54, 1.807) is 19.1 Å². The van der Waals surface area contributed by atoms with Crippen molar-refractivity contribution < 1.29 is 22.4 Å². The molecule has 1 atom stereocenters. The lowest BCUT2D eigenvalue weighted by Gasteiger charge is -2.32. The van der Waals surface area contributed by atoms with E-state index in [2.05, 4.69) is 5.32 Å². The SMILES string of the molecule is Cc1ccc(S(=O)(=O)N(CC(=O)N(Cc2ccc(F)cc2)C(C)C(=O)NCC(C)C)c2ccc(Cl)cc2)cc1. The number of carbonyl (C=O) groups is 2. The van der Waals surface area contributed by atoms with Crippen LogP contribution in [0.1, 0.15) is 31.9 Å². The van der Waals surface area contributed by atoms with E-state index < -0.39 is 34.3 Å². The number of hydrogen-bond donors (Lipinski definition) is 1. The van der Waals surface area contributed by atoms with Crippen LogP contribution in [0.4, 0.5) is 10.1 Å². The molecule has 1 N–H and O–H groups in total. The molecule has 0 aromatic heterocycles. The summed E-state index contributed by atoms with van der Waals surface area (Å²) in [7, 11) is -4.17. The third kappa shape index (κ3) is 8.03. The van der Waals surface area contributed by atoms with Crippen LogP contribution < -0.4 is 9.62 Å². The van der Waals surface area contributed by atoms with Crippen molar-refractivity contribution in [1.29, 1.82) is 0 Å². The quantitative estimate of drug-likeness (QED) is 0.343. The Labute approximate surface area is 234 Å². The Bertz CT molecular complexity index is 1380. The summed E-state index contributed by atoms with van der Waals surface area (Å²) >= 11 is 6.04. The molecule has 0 saturated carbocycles. The molecule has 0 spiro atoms. The van der Waals surface area contributed by atoms with E-state index in [-0.39, 0.29) is 29.0 Å². The zero-order valence-corrected chi connectivity index (χ0v) is 24.0. The van der Waals surface area contributed by atoms with Crippen LogP contribution in [-0.4, -0.2) is 44.3 Å². The normalized spacial score (nSPS) is 12.2. The number of benzene rings is 3. The van der Waals surface area contributed by atoms with Crippen molar-refractivity contribution >= 4 is 39.1 Å². The van der Waals surface area contributed by atoms with Crippen molar-refractivity contribution in [2.75, 3.05) is 17.4 Å². The van der Waals surface area contributed by atoms with E-state index in [1.807, 2.05) is 20.8 Å². The summed E-state index contributed by atoms with van der Waals surface area (Å²) in [6.07, 6.45) is 0. The average Bonchev–Trinajstić information content (AvgIpc) is 2.90. The van der Waals surface area contributed by atoms with Gasteiger partial charge in [0.05, 0.1) is 10.6 Å². The maximum Gasteiger partial charge on any atom is 0.264 e. The number of hydrogen-bond acceptors (Lipinski definition) is 4. The van der Waals surface area contributed by atoms with Gasteiger partial charge in [0.25, 0.3) is 10.0 Å². The largest absolute Gasteiger partial charge is 0.354 e. The highest BCUT2D eigenvalue weighted by Gasteiger charge is 2.32. The summed E-state index contributed by atoms with van der Waals surface area (Å²) in [6.45, 7) is 7.16. The Kier molecular flexibility index (Phi) is 10.1. The molecule has 0 aliphatic rings. The second-order valence-electron chi connectivity index (χ2n) is 9.76. The number of rotatable bonds is 11. The Morgan fingerprint density at radius 1 is 0.923 bits per heavy atom. The Morgan fingerprint density at radius 3 is 2.08 bits per heavy atom. The fourth-order valence-corrected chi connectivity index (χ4v) is 5.34.